The number of piperidine rings is 1. The van der Waals surface area contributed by atoms with Gasteiger partial charge >= 0.3 is 6.03 Å². The molecule has 1 radical (unpaired) electrons. The molecule has 0 spiro atoms. The molecule has 0 aromatic heterocycles. The highest BCUT2D eigenvalue weighted by molar-refractivity contribution is 5.73. The molecule has 2 unspecified atom stereocenters. The van der Waals surface area contributed by atoms with Crippen molar-refractivity contribution in [1.82, 2.24) is 15.5 Å². The lowest BCUT2D eigenvalue weighted by Crippen LogP contribution is -2.54. The van der Waals surface area contributed by atoms with Crippen LogP contribution in [-0.2, 0) is 0 Å². The number of amides is 2. The van der Waals surface area contributed by atoms with Gasteiger partial charge in [0, 0.05) is 26.2 Å². The Balaban J connectivity index is 2.38. The quantitative estimate of drug-likeness (QED) is 0.612. The topological polar surface area (TPSA) is 44.4 Å². The van der Waals surface area contributed by atoms with Crippen molar-refractivity contribution in [3.63, 3.8) is 0 Å². The van der Waals surface area contributed by atoms with Crippen LogP contribution in [0.15, 0.2) is 0 Å². The van der Waals surface area contributed by atoms with Gasteiger partial charge in [0.15, 0.2) is 0 Å². The summed E-state index contributed by atoms with van der Waals surface area (Å²) in [4.78, 5) is 12.9. The van der Waals surface area contributed by atoms with E-state index in [-0.39, 0.29) is 18.1 Å². The van der Waals surface area contributed by atoms with E-state index in [0.29, 0.717) is 0 Å². The fraction of sp³-hybridized carbons (Fsp3) is 0.778. The van der Waals surface area contributed by atoms with Crippen LogP contribution in [0.5, 0.6) is 0 Å². The van der Waals surface area contributed by atoms with E-state index in [1.54, 1.807) is 19.0 Å². The molecule has 0 bridgehead atoms. The van der Waals surface area contributed by atoms with E-state index in [9.17, 15) is 4.79 Å². The lowest BCUT2D eigenvalue weighted by molar-refractivity contribution is 0.206. The van der Waals surface area contributed by atoms with Gasteiger partial charge in [0.25, 0.3) is 0 Å². The van der Waals surface area contributed by atoms with E-state index in [2.05, 4.69) is 17.6 Å². The molecule has 1 aliphatic heterocycles. The Labute approximate surface area is 79.7 Å². The molecule has 13 heavy (non-hydrogen) atoms. The van der Waals surface area contributed by atoms with Gasteiger partial charge in [0.1, 0.15) is 0 Å². The summed E-state index contributed by atoms with van der Waals surface area (Å²) in [6.45, 7) is 4.95. The zero-order valence-electron chi connectivity index (χ0n) is 8.34. The third kappa shape index (κ3) is 2.88. The number of carbonyl (C=O) groups is 1. The third-order valence-corrected chi connectivity index (χ3v) is 2.30. The van der Waals surface area contributed by atoms with Gasteiger partial charge in [-0.1, -0.05) is 0 Å². The van der Waals surface area contributed by atoms with Gasteiger partial charge in [-0.15, -0.1) is 0 Å². The van der Waals surface area contributed by atoms with E-state index < -0.39 is 0 Å². The molecule has 1 heterocycles. The minimum Gasteiger partial charge on any atom is -0.334 e. The second-order valence-corrected chi connectivity index (χ2v) is 3.65. The van der Waals surface area contributed by atoms with E-state index >= 15 is 0 Å². The first-order valence-corrected chi connectivity index (χ1v) is 4.65. The van der Waals surface area contributed by atoms with E-state index in [4.69, 9.17) is 0 Å². The first kappa shape index (κ1) is 10.3. The van der Waals surface area contributed by atoms with Gasteiger partial charge < -0.3 is 15.5 Å². The molecule has 1 saturated heterocycles. The lowest BCUT2D eigenvalue weighted by Gasteiger charge is -2.31. The second-order valence-electron chi connectivity index (χ2n) is 3.65. The van der Waals surface area contributed by atoms with Gasteiger partial charge in [-0.25, -0.2) is 4.79 Å². The highest BCUT2D eigenvalue weighted by Gasteiger charge is 2.22. The Morgan fingerprint density at radius 1 is 1.62 bits per heavy atom. The van der Waals surface area contributed by atoms with Crippen LogP contribution in [0, 0.1) is 6.92 Å². The Morgan fingerprint density at radius 2 is 2.31 bits per heavy atom. The number of hydrogen-bond acceptors (Lipinski definition) is 2. The van der Waals surface area contributed by atoms with Crippen LogP contribution in [0.4, 0.5) is 4.79 Å². The van der Waals surface area contributed by atoms with Crippen LogP contribution in [0.2, 0.25) is 0 Å². The lowest BCUT2D eigenvalue weighted by atomic mass is 10.0. The second kappa shape index (κ2) is 4.46. The van der Waals surface area contributed by atoms with Crippen molar-refractivity contribution in [1.29, 1.82) is 0 Å². The number of carbonyl (C=O) groups excluding carboxylic acids is 1. The minimum atomic E-state index is -0.0395. The number of nitrogens with zero attached hydrogens (tertiary/aromatic N) is 1. The first-order chi connectivity index (χ1) is 6.11. The molecule has 1 rings (SSSR count). The minimum absolute atomic E-state index is 0.0395. The molecule has 4 heteroatoms. The predicted octanol–water partition coefficient (Wildman–Crippen LogP) is 0.212. The maximum absolute atomic E-state index is 11.3. The van der Waals surface area contributed by atoms with Crippen molar-refractivity contribution < 1.29 is 4.79 Å². The number of urea groups is 1. The molecule has 1 aliphatic rings. The Bertz CT molecular complexity index is 182. The zero-order valence-corrected chi connectivity index (χ0v) is 8.34. The van der Waals surface area contributed by atoms with Gasteiger partial charge in [0.2, 0.25) is 0 Å². The monoisotopic (exact) mass is 184 g/mol. The van der Waals surface area contributed by atoms with Crippen molar-refractivity contribution in [3.8, 4) is 0 Å². The molecule has 0 aromatic carbocycles. The molecular formula is C9H18N3O. The summed E-state index contributed by atoms with van der Waals surface area (Å²) < 4.78 is 0. The molecule has 0 aliphatic carbocycles. The number of nitrogens with one attached hydrogen (secondary N) is 2. The van der Waals surface area contributed by atoms with Crippen LogP contribution in [0.1, 0.15) is 12.8 Å². The highest BCUT2D eigenvalue weighted by Crippen LogP contribution is 2.07. The van der Waals surface area contributed by atoms with Crippen molar-refractivity contribution in [3.05, 3.63) is 6.92 Å². The molecule has 75 valence electrons. The van der Waals surface area contributed by atoms with Crippen molar-refractivity contribution >= 4 is 6.03 Å². The maximum atomic E-state index is 11.3. The predicted molar refractivity (Wildman–Crippen MR) is 52.4 cm³/mol. The van der Waals surface area contributed by atoms with Gasteiger partial charge in [-0.05, 0) is 26.3 Å². The largest absolute Gasteiger partial charge is 0.334 e. The van der Waals surface area contributed by atoms with Crippen LogP contribution in [-0.4, -0.2) is 43.7 Å². The number of rotatable bonds is 1. The number of hydrogen-bond donors (Lipinski definition) is 2. The summed E-state index contributed by atoms with van der Waals surface area (Å²) in [5.74, 6) is 0. The molecule has 2 atom stereocenters. The highest BCUT2D eigenvalue weighted by atomic mass is 16.2. The zero-order chi connectivity index (χ0) is 9.84. The fourth-order valence-electron chi connectivity index (χ4n) is 1.41. The van der Waals surface area contributed by atoms with E-state index in [1.165, 1.54) is 0 Å². The Morgan fingerprint density at radius 3 is 2.85 bits per heavy atom. The van der Waals surface area contributed by atoms with E-state index in [0.717, 1.165) is 19.4 Å². The van der Waals surface area contributed by atoms with Crippen molar-refractivity contribution in [2.24, 2.45) is 0 Å². The van der Waals surface area contributed by atoms with Gasteiger partial charge in [-0.3, -0.25) is 0 Å². The normalized spacial score (nSPS) is 28.2. The standard InChI is InChI=1S/C9H18N3O/c1-7-8(5-4-6-10-7)11-9(13)12(2)3/h7-8,10H,1,4-6H2,2-3H3,(H,11,13). The summed E-state index contributed by atoms with van der Waals surface area (Å²) in [5.41, 5.74) is 0. The molecule has 2 N–H and O–H groups in total. The van der Waals surface area contributed by atoms with Crippen LogP contribution in [0.3, 0.4) is 0 Å². The SMILES string of the molecule is [CH2]C1NCCCC1NC(=O)N(C)C. The Hall–Kier alpha value is -0.770. The van der Waals surface area contributed by atoms with Crippen LogP contribution in [0.25, 0.3) is 0 Å². The summed E-state index contributed by atoms with van der Waals surface area (Å²) in [7, 11) is 3.48. The summed E-state index contributed by atoms with van der Waals surface area (Å²) in [6.07, 6.45) is 2.12. The van der Waals surface area contributed by atoms with E-state index in [1.807, 2.05) is 0 Å². The van der Waals surface area contributed by atoms with Crippen molar-refractivity contribution in [2.45, 2.75) is 24.9 Å². The summed E-state index contributed by atoms with van der Waals surface area (Å²) in [5, 5.41) is 6.16. The summed E-state index contributed by atoms with van der Waals surface area (Å²) in [6, 6.07) is 0.267. The summed E-state index contributed by atoms with van der Waals surface area (Å²) >= 11 is 0. The molecular weight excluding hydrogens is 166 g/mol. The molecule has 1 fully saturated rings. The van der Waals surface area contributed by atoms with Crippen molar-refractivity contribution in [2.75, 3.05) is 20.6 Å². The molecule has 2 amide bonds. The van der Waals surface area contributed by atoms with Crippen LogP contribution < -0.4 is 10.6 Å². The third-order valence-electron chi connectivity index (χ3n) is 2.30. The maximum Gasteiger partial charge on any atom is 0.317 e. The first-order valence-electron chi connectivity index (χ1n) is 4.65. The molecule has 4 nitrogen and oxygen atoms in total. The van der Waals surface area contributed by atoms with Gasteiger partial charge in [-0.2, -0.15) is 0 Å². The Kier molecular flexibility index (Phi) is 3.54. The van der Waals surface area contributed by atoms with Crippen LogP contribution >= 0.6 is 0 Å². The average molecular weight is 184 g/mol. The average Bonchev–Trinajstić information content (AvgIpc) is 2.08. The van der Waals surface area contributed by atoms with Gasteiger partial charge in [0.05, 0.1) is 0 Å². The molecule has 0 aromatic rings. The smallest absolute Gasteiger partial charge is 0.317 e. The fourth-order valence-corrected chi connectivity index (χ4v) is 1.41. The molecule has 0 saturated carbocycles.